The molecule has 58 heavy (non-hydrogen) atoms. The van der Waals surface area contributed by atoms with E-state index in [0.717, 1.165) is 5.69 Å². The maximum absolute atomic E-state index is 2.43. The molecule has 11 aromatic rings. The van der Waals surface area contributed by atoms with Crippen LogP contribution in [-0.4, -0.2) is 4.57 Å². The molecule has 0 saturated heterocycles. The Morgan fingerprint density at radius 2 is 0.983 bits per heavy atom. The van der Waals surface area contributed by atoms with Gasteiger partial charge in [-0.2, -0.15) is 0 Å². The summed E-state index contributed by atoms with van der Waals surface area (Å²) in [6.07, 6.45) is 2.34. The van der Waals surface area contributed by atoms with Crippen LogP contribution in [0, 0.1) is 13.8 Å². The molecule has 1 aromatic heterocycles. The molecule has 274 valence electrons. The fourth-order valence-corrected chi connectivity index (χ4v) is 9.38. The highest BCUT2D eigenvalue weighted by Crippen LogP contribution is 2.43. The molecule has 0 saturated carbocycles. The molecular formula is C57H41N. The third kappa shape index (κ3) is 5.46. The van der Waals surface area contributed by atoms with Crippen molar-refractivity contribution in [3.63, 3.8) is 0 Å². The largest absolute Gasteiger partial charge is 0.309 e. The van der Waals surface area contributed by atoms with E-state index in [0.29, 0.717) is 0 Å². The zero-order valence-electron chi connectivity index (χ0n) is 32.9. The van der Waals surface area contributed by atoms with Crippen LogP contribution in [0.2, 0.25) is 0 Å². The second kappa shape index (κ2) is 13.5. The van der Waals surface area contributed by atoms with E-state index < -0.39 is 0 Å². The van der Waals surface area contributed by atoms with Crippen LogP contribution in [0.4, 0.5) is 0 Å². The number of hydrogen-bond acceptors (Lipinski definition) is 0. The Hall–Kier alpha value is -7.22. The number of aromatic nitrogens is 1. The van der Waals surface area contributed by atoms with Crippen molar-refractivity contribution in [3.05, 3.63) is 210 Å². The fraction of sp³-hybridized carbons (Fsp3) is 0.0526. The lowest BCUT2D eigenvalue weighted by atomic mass is 9.87. The van der Waals surface area contributed by atoms with Crippen LogP contribution in [0.1, 0.15) is 29.2 Å². The average Bonchev–Trinajstić information content (AvgIpc) is 3.60. The Morgan fingerprint density at radius 3 is 1.67 bits per heavy atom. The highest BCUT2D eigenvalue weighted by atomic mass is 15.0. The molecule has 0 aliphatic rings. The Kier molecular flexibility index (Phi) is 7.91. The van der Waals surface area contributed by atoms with Gasteiger partial charge in [0, 0.05) is 16.5 Å². The van der Waals surface area contributed by atoms with Gasteiger partial charge in [-0.15, -0.1) is 0 Å². The smallest absolute Gasteiger partial charge is 0.0547 e. The number of fused-ring (bicyclic) bond motifs is 3. The van der Waals surface area contributed by atoms with E-state index in [1.54, 1.807) is 0 Å². The van der Waals surface area contributed by atoms with Crippen molar-refractivity contribution in [2.45, 2.75) is 20.8 Å². The van der Waals surface area contributed by atoms with E-state index in [9.17, 15) is 0 Å². The van der Waals surface area contributed by atoms with Crippen LogP contribution in [0.15, 0.2) is 188 Å². The zero-order valence-corrected chi connectivity index (χ0v) is 32.9. The number of rotatable bonds is 6. The Morgan fingerprint density at radius 1 is 0.431 bits per heavy atom. The standard InChI is InChI=1S/C57H41N/c1-36-16-18-39(19-17-36)48-29-22-41-25-33-53-49(30-23-42-24-32-52(48)56(41)57(42)53)40-20-27-45(28-21-40)58-54-15-9-8-14-50(54)51-31-26-43(35-55(51)58)38(3)34-44-11-5-7-13-47(44)46-12-6-4-10-37(46)2/h4-35H,1-3H3/b38-34-. The third-order valence-corrected chi connectivity index (χ3v) is 12.4. The molecule has 0 atom stereocenters. The number of allylic oxidation sites excluding steroid dienone is 1. The fourth-order valence-electron chi connectivity index (χ4n) is 9.38. The second-order valence-corrected chi connectivity index (χ2v) is 15.9. The van der Waals surface area contributed by atoms with Gasteiger partial charge in [0.25, 0.3) is 0 Å². The summed E-state index contributed by atoms with van der Waals surface area (Å²) in [5.41, 5.74) is 17.3. The number of para-hydroxylation sites is 1. The van der Waals surface area contributed by atoms with Crippen molar-refractivity contribution in [1.82, 2.24) is 4.57 Å². The number of benzene rings is 10. The summed E-state index contributed by atoms with van der Waals surface area (Å²) >= 11 is 0. The van der Waals surface area contributed by atoms with E-state index in [1.807, 2.05) is 0 Å². The zero-order chi connectivity index (χ0) is 38.9. The minimum atomic E-state index is 1.15. The van der Waals surface area contributed by atoms with Crippen LogP contribution in [0.5, 0.6) is 0 Å². The summed E-state index contributed by atoms with van der Waals surface area (Å²) in [6.45, 7) is 6.57. The van der Waals surface area contributed by atoms with Crippen LogP contribution in [-0.2, 0) is 0 Å². The van der Waals surface area contributed by atoms with E-state index in [4.69, 9.17) is 0 Å². The number of nitrogens with zero attached hydrogens (tertiary/aromatic N) is 1. The lowest BCUT2D eigenvalue weighted by molar-refractivity contribution is 1.18. The molecule has 1 heterocycles. The quantitative estimate of drug-likeness (QED) is 0.118. The minimum absolute atomic E-state index is 1.15. The maximum Gasteiger partial charge on any atom is 0.0547 e. The van der Waals surface area contributed by atoms with Crippen molar-refractivity contribution in [3.8, 4) is 39.1 Å². The molecule has 1 nitrogen and oxygen atoms in total. The summed E-state index contributed by atoms with van der Waals surface area (Å²) in [6, 6.07) is 69.6. The summed E-state index contributed by atoms with van der Waals surface area (Å²) < 4.78 is 2.43. The Balaban J connectivity index is 1.02. The van der Waals surface area contributed by atoms with Gasteiger partial charge in [0.2, 0.25) is 0 Å². The summed E-state index contributed by atoms with van der Waals surface area (Å²) in [7, 11) is 0. The molecule has 0 aliphatic heterocycles. The Bertz CT molecular complexity index is 3390. The van der Waals surface area contributed by atoms with Gasteiger partial charge >= 0.3 is 0 Å². The first-order chi connectivity index (χ1) is 28.5. The van der Waals surface area contributed by atoms with Gasteiger partial charge in [-0.1, -0.05) is 175 Å². The number of aryl methyl sites for hydroxylation is 2. The van der Waals surface area contributed by atoms with Crippen LogP contribution in [0.3, 0.4) is 0 Å². The molecule has 1 heteroatoms. The van der Waals surface area contributed by atoms with Gasteiger partial charge in [-0.25, -0.2) is 0 Å². The molecule has 0 spiro atoms. The summed E-state index contributed by atoms with van der Waals surface area (Å²) in [4.78, 5) is 0. The van der Waals surface area contributed by atoms with Crippen molar-refractivity contribution >= 4 is 65.8 Å². The van der Waals surface area contributed by atoms with Crippen molar-refractivity contribution in [1.29, 1.82) is 0 Å². The molecule has 0 fully saturated rings. The average molecular weight is 740 g/mol. The third-order valence-electron chi connectivity index (χ3n) is 12.4. The highest BCUT2D eigenvalue weighted by Gasteiger charge is 2.17. The summed E-state index contributed by atoms with van der Waals surface area (Å²) in [5.74, 6) is 0. The molecule has 0 N–H and O–H groups in total. The van der Waals surface area contributed by atoms with E-state index in [2.05, 4.69) is 219 Å². The highest BCUT2D eigenvalue weighted by molar-refractivity contribution is 6.27. The monoisotopic (exact) mass is 739 g/mol. The van der Waals surface area contributed by atoms with Gasteiger partial charge in [0.1, 0.15) is 0 Å². The predicted octanol–water partition coefficient (Wildman–Crippen LogP) is 15.9. The topological polar surface area (TPSA) is 4.93 Å². The lowest BCUT2D eigenvalue weighted by Gasteiger charge is -2.17. The molecule has 0 radical (unpaired) electrons. The molecule has 11 rings (SSSR count). The van der Waals surface area contributed by atoms with Gasteiger partial charge in [-0.3, -0.25) is 0 Å². The van der Waals surface area contributed by atoms with Crippen molar-refractivity contribution in [2.75, 3.05) is 0 Å². The van der Waals surface area contributed by atoms with Crippen molar-refractivity contribution < 1.29 is 0 Å². The molecule has 10 aromatic carbocycles. The van der Waals surface area contributed by atoms with Crippen molar-refractivity contribution in [2.24, 2.45) is 0 Å². The van der Waals surface area contributed by atoms with Gasteiger partial charge in [0.05, 0.1) is 11.0 Å². The maximum atomic E-state index is 2.43. The molecule has 0 aliphatic carbocycles. The molecule has 0 bridgehead atoms. The predicted molar refractivity (Wildman–Crippen MR) is 250 cm³/mol. The molecule has 0 amide bonds. The van der Waals surface area contributed by atoms with Crippen LogP contribution < -0.4 is 0 Å². The first kappa shape index (κ1) is 34.1. The van der Waals surface area contributed by atoms with Crippen LogP contribution in [0.25, 0.3) is 105 Å². The van der Waals surface area contributed by atoms with Gasteiger partial charge in [-0.05, 0) is 133 Å². The van der Waals surface area contributed by atoms with Gasteiger partial charge in [0.15, 0.2) is 0 Å². The Labute approximate surface area is 339 Å². The lowest BCUT2D eigenvalue weighted by Crippen LogP contribution is -1.95. The first-order valence-corrected chi connectivity index (χ1v) is 20.3. The van der Waals surface area contributed by atoms with E-state index in [1.165, 1.54) is 115 Å². The summed E-state index contributed by atoms with van der Waals surface area (Å²) in [5, 5.41) is 10.3. The van der Waals surface area contributed by atoms with E-state index >= 15 is 0 Å². The molecule has 0 unspecified atom stereocenters. The number of hydrogen-bond donors (Lipinski definition) is 0. The van der Waals surface area contributed by atoms with Crippen LogP contribution >= 0.6 is 0 Å². The first-order valence-electron chi connectivity index (χ1n) is 20.3. The second-order valence-electron chi connectivity index (χ2n) is 15.9. The minimum Gasteiger partial charge on any atom is -0.309 e. The van der Waals surface area contributed by atoms with E-state index in [-0.39, 0.29) is 0 Å². The normalized spacial score (nSPS) is 12.2. The van der Waals surface area contributed by atoms with Gasteiger partial charge < -0.3 is 4.57 Å². The SMILES string of the molecule is C/C(=C/c1ccccc1-c1ccccc1C)c1ccc2c3ccccc3n(-c3ccc(-c4ccc5ccc6c(-c7ccc(C)cc7)ccc7ccc4c5c76)cc3)c2c1. The molecular weight excluding hydrogens is 699 g/mol.